The molecule has 1 aromatic carbocycles. The van der Waals surface area contributed by atoms with Gasteiger partial charge in [0.15, 0.2) is 5.82 Å². The summed E-state index contributed by atoms with van der Waals surface area (Å²) in [6, 6.07) is 9.81. The standard InChI is InChI=1S/C15H13N7O2/c16-15(23)21-19-9-11-2-4-12(5-3-11)24-14-8-13(17-10-18-14)22-7-1-6-20-22/h1-10H,(H3,16,21,23). The van der Waals surface area contributed by atoms with Gasteiger partial charge in [0.05, 0.1) is 6.21 Å². The highest BCUT2D eigenvalue weighted by Crippen LogP contribution is 2.20. The third kappa shape index (κ3) is 3.91. The van der Waals surface area contributed by atoms with Crippen LogP contribution in [0.3, 0.4) is 0 Å². The zero-order valence-corrected chi connectivity index (χ0v) is 12.4. The highest BCUT2D eigenvalue weighted by molar-refractivity contribution is 5.81. The lowest BCUT2D eigenvalue weighted by atomic mass is 10.2. The molecule has 0 aliphatic rings. The van der Waals surface area contributed by atoms with E-state index in [-0.39, 0.29) is 0 Å². The van der Waals surface area contributed by atoms with Crippen LogP contribution >= 0.6 is 0 Å². The zero-order chi connectivity index (χ0) is 16.8. The van der Waals surface area contributed by atoms with Gasteiger partial charge in [0, 0.05) is 18.5 Å². The molecule has 2 heterocycles. The first-order valence-corrected chi connectivity index (χ1v) is 6.89. The first kappa shape index (κ1) is 15.2. The third-order valence-corrected chi connectivity index (χ3v) is 2.86. The number of carbonyl (C=O) groups excluding carboxylic acids is 1. The van der Waals surface area contributed by atoms with Gasteiger partial charge in [-0.3, -0.25) is 0 Å². The SMILES string of the molecule is NC(=O)NN=Cc1ccc(Oc2cc(-n3cccn3)ncn2)cc1. The molecule has 0 atom stereocenters. The van der Waals surface area contributed by atoms with Crippen LogP contribution in [0.2, 0.25) is 0 Å². The molecule has 0 spiro atoms. The Labute approximate surface area is 136 Å². The number of aromatic nitrogens is 4. The van der Waals surface area contributed by atoms with Crippen LogP contribution in [0.1, 0.15) is 5.56 Å². The molecule has 0 saturated heterocycles. The Balaban J connectivity index is 1.69. The molecule has 2 aromatic heterocycles. The highest BCUT2D eigenvalue weighted by atomic mass is 16.5. The van der Waals surface area contributed by atoms with Crippen molar-refractivity contribution in [3.8, 4) is 17.4 Å². The Hall–Kier alpha value is -3.75. The normalized spacial score (nSPS) is 10.7. The van der Waals surface area contributed by atoms with Crippen molar-refractivity contribution in [2.75, 3.05) is 0 Å². The van der Waals surface area contributed by atoms with Gasteiger partial charge < -0.3 is 10.5 Å². The monoisotopic (exact) mass is 323 g/mol. The van der Waals surface area contributed by atoms with Crippen LogP contribution in [-0.2, 0) is 0 Å². The molecule has 9 heteroatoms. The molecule has 0 radical (unpaired) electrons. The van der Waals surface area contributed by atoms with E-state index >= 15 is 0 Å². The molecule has 3 N–H and O–H groups in total. The number of urea groups is 1. The summed E-state index contributed by atoms with van der Waals surface area (Å²) in [5.74, 6) is 1.60. The zero-order valence-electron chi connectivity index (χ0n) is 12.4. The van der Waals surface area contributed by atoms with Crippen molar-refractivity contribution < 1.29 is 9.53 Å². The average Bonchev–Trinajstić information content (AvgIpc) is 3.11. The molecule has 0 fully saturated rings. The second kappa shape index (κ2) is 7.01. The number of rotatable bonds is 5. The molecule has 0 unspecified atom stereocenters. The Bertz CT molecular complexity index is 845. The fourth-order valence-corrected chi connectivity index (χ4v) is 1.83. The maximum absolute atomic E-state index is 10.5. The van der Waals surface area contributed by atoms with E-state index in [1.165, 1.54) is 12.5 Å². The maximum Gasteiger partial charge on any atom is 0.332 e. The first-order chi connectivity index (χ1) is 11.7. The van der Waals surface area contributed by atoms with Gasteiger partial charge in [0.2, 0.25) is 5.88 Å². The molecule has 24 heavy (non-hydrogen) atoms. The molecule has 3 aromatic rings. The van der Waals surface area contributed by atoms with Crippen LogP contribution in [0.4, 0.5) is 4.79 Å². The molecule has 120 valence electrons. The molecule has 0 aliphatic carbocycles. The van der Waals surface area contributed by atoms with Gasteiger partial charge in [0.25, 0.3) is 0 Å². The smallest absolute Gasteiger partial charge is 0.332 e. The van der Waals surface area contributed by atoms with Crippen molar-refractivity contribution in [2.45, 2.75) is 0 Å². The van der Waals surface area contributed by atoms with E-state index in [1.54, 1.807) is 53.5 Å². The van der Waals surface area contributed by atoms with Crippen LogP contribution in [0.25, 0.3) is 5.82 Å². The second-order valence-corrected chi connectivity index (χ2v) is 4.57. The van der Waals surface area contributed by atoms with Crippen molar-refractivity contribution >= 4 is 12.2 Å². The summed E-state index contributed by atoms with van der Waals surface area (Å²) in [6.45, 7) is 0. The number of nitrogens with one attached hydrogen (secondary N) is 1. The Morgan fingerprint density at radius 1 is 1.29 bits per heavy atom. The van der Waals surface area contributed by atoms with Crippen LogP contribution in [0.5, 0.6) is 11.6 Å². The number of hydrogen-bond donors (Lipinski definition) is 2. The molecule has 3 rings (SSSR count). The number of ether oxygens (including phenoxy) is 1. The number of primary amides is 1. The number of nitrogens with zero attached hydrogens (tertiary/aromatic N) is 5. The Morgan fingerprint density at radius 2 is 2.12 bits per heavy atom. The van der Waals surface area contributed by atoms with Crippen LogP contribution in [0, 0.1) is 0 Å². The molecular weight excluding hydrogens is 310 g/mol. The van der Waals surface area contributed by atoms with E-state index in [2.05, 4.69) is 25.6 Å². The summed E-state index contributed by atoms with van der Waals surface area (Å²) in [6.07, 6.45) is 6.31. The molecule has 9 nitrogen and oxygen atoms in total. The van der Waals surface area contributed by atoms with Crippen molar-refractivity contribution in [1.82, 2.24) is 25.2 Å². The van der Waals surface area contributed by atoms with Crippen molar-refractivity contribution in [2.24, 2.45) is 10.8 Å². The van der Waals surface area contributed by atoms with E-state index in [1.807, 2.05) is 0 Å². The van der Waals surface area contributed by atoms with Gasteiger partial charge in [-0.1, -0.05) is 0 Å². The number of hydrogen-bond acceptors (Lipinski definition) is 6. The van der Waals surface area contributed by atoms with Crippen molar-refractivity contribution in [1.29, 1.82) is 0 Å². The molecule has 0 bridgehead atoms. The summed E-state index contributed by atoms with van der Waals surface area (Å²) in [5.41, 5.74) is 7.81. The molecule has 0 aliphatic heterocycles. The van der Waals surface area contributed by atoms with E-state index in [4.69, 9.17) is 10.5 Å². The van der Waals surface area contributed by atoms with Crippen molar-refractivity contribution in [3.63, 3.8) is 0 Å². The van der Waals surface area contributed by atoms with Crippen molar-refractivity contribution in [3.05, 3.63) is 60.7 Å². The van der Waals surface area contributed by atoms with Gasteiger partial charge >= 0.3 is 6.03 Å². The van der Waals surface area contributed by atoms with Crippen LogP contribution in [-0.4, -0.2) is 32.0 Å². The average molecular weight is 323 g/mol. The van der Waals surface area contributed by atoms with Crippen LogP contribution in [0.15, 0.2) is 60.2 Å². The quantitative estimate of drug-likeness (QED) is 0.544. The Kier molecular flexibility index (Phi) is 4.43. The number of benzene rings is 1. The molecule has 0 saturated carbocycles. The maximum atomic E-state index is 10.5. The van der Waals surface area contributed by atoms with Gasteiger partial charge in [-0.2, -0.15) is 10.2 Å². The highest BCUT2D eigenvalue weighted by Gasteiger charge is 2.03. The van der Waals surface area contributed by atoms with Gasteiger partial charge in [0.1, 0.15) is 12.1 Å². The van der Waals surface area contributed by atoms with E-state index in [0.29, 0.717) is 17.4 Å². The number of amides is 2. The lowest BCUT2D eigenvalue weighted by molar-refractivity contribution is 0.249. The predicted octanol–water partition coefficient (Wildman–Crippen LogP) is 1.46. The lowest BCUT2D eigenvalue weighted by Gasteiger charge is -2.06. The predicted molar refractivity (Wildman–Crippen MR) is 86.0 cm³/mol. The fourth-order valence-electron chi connectivity index (χ4n) is 1.83. The largest absolute Gasteiger partial charge is 0.439 e. The number of nitrogens with two attached hydrogens (primary N) is 1. The summed E-state index contributed by atoms with van der Waals surface area (Å²) in [5, 5.41) is 7.78. The minimum absolute atomic E-state index is 0.396. The first-order valence-electron chi connectivity index (χ1n) is 6.89. The lowest BCUT2D eigenvalue weighted by Crippen LogP contribution is -2.24. The second-order valence-electron chi connectivity index (χ2n) is 4.57. The molecule has 2 amide bonds. The summed E-state index contributed by atoms with van der Waals surface area (Å²) in [7, 11) is 0. The van der Waals surface area contributed by atoms with E-state index in [0.717, 1.165) is 5.56 Å². The minimum Gasteiger partial charge on any atom is -0.439 e. The number of hydrazone groups is 1. The molecular formula is C15H13N7O2. The third-order valence-electron chi connectivity index (χ3n) is 2.86. The van der Waals surface area contributed by atoms with E-state index < -0.39 is 6.03 Å². The Morgan fingerprint density at radius 3 is 2.83 bits per heavy atom. The summed E-state index contributed by atoms with van der Waals surface area (Å²) < 4.78 is 7.30. The number of carbonyl (C=O) groups is 1. The van der Waals surface area contributed by atoms with E-state index in [9.17, 15) is 4.79 Å². The topological polar surface area (TPSA) is 120 Å². The van der Waals surface area contributed by atoms with Gasteiger partial charge in [-0.15, -0.1) is 0 Å². The van der Waals surface area contributed by atoms with Gasteiger partial charge in [-0.25, -0.2) is 24.9 Å². The van der Waals surface area contributed by atoms with Gasteiger partial charge in [-0.05, 0) is 35.9 Å². The van der Waals surface area contributed by atoms with Crippen LogP contribution < -0.4 is 15.9 Å². The summed E-state index contributed by atoms with van der Waals surface area (Å²) in [4.78, 5) is 18.7. The summed E-state index contributed by atoms with van der Waals surface area (Å²) >= 11 is 0. The fraction of sp³-hybridized carbons (Fsp3) is 0. The minimum atomic E-state index is -0.719.